The second-order valence-electron chi connectivity index (χ2n) is 7.24. The van der Waals surface area contributed by atoms with Crippen LogP contribution in [0, 0.1) is 11.8 Å². The van der Waals surface area contributed by atoms with E-state index in [0.717, 1.165) is 30.1 Å². The maximum absolute atomic E-state index is 13.1. The van der Waals surface area contributed by atoms with Crippen molar-refractivity contribution >= 4 is 17.7 Å². The summed E-state index contributed by atoms with van der Waals surface area (Å²) < 4.78 is 1.89. The minimum atomic E-state index is 0.102. The molecule has 5 heteroatoms. The molecule has 0 radical (unpaired) electrons. The molecule has 126 valence electrons. The lowest BCUT2D eigenvalue weighted by Gasteiger charge is -2.34. The van der Waals surface area contributed by atoms with E-state index in [1.165, 1.54) is 16.9 Å². The molecule has 0 spiro atoms. The number of carbonyl (C=O) groups is 1. The third-order valence-electron chi connectivity index (χ3n) is 5.02. The summed E-state index contributed by atoms with van der Waals surface area (Å²) in [4.78, 5) is 16.4. The van der Waals surface area contributed by atoms with E-state index in [2.05, 4.69) is 43.2 Å². The Bertz CT molecular complexity index is 788. The average Bonchev–Trinajstić information content (AvgIpc) is 2.90. The summed E-state index contributed by atoms with van der Waals surface area (Å²) in [6.07, 6.45) is 1.20. The highest BCUT2D eigenvalue weighted by atomic mass is 32.2. The molecule has 1 aromatic carbocycles. The summed E-state index contributed by atoms with van der Waals surface area (Å²) >= 11 is 1.80. The fraction of sp³-hybridized carbons (Fsp3) is 0.474. The van der Waals surface area contributed by atoms with Crippen molar-refractivity contribution in [2.75, 3.05) is 13.1 Å². The van der Waals surface area contributed by atoms with E-state index >= 15 is 0 Å². The van der Waals surface area contributed by atoms with Gasteiger partial charge in [0.1, 0.15) is 0 Å². The molecule has 2 aliphatic heterocycles. The van der Waals surface area contributed by atoms with Gasteiger partial charge in [0.05, 0.1) is 5.69 Å². The van der Waals surface area contributed by atoms with Gasteiger partial charge in [0.25, 0.3) is 5.91 Å². The van der Waals surface area contributed by atoms with Crippen molar-refractivity contribution in [3.8, 4) is 11.3 Å². The lowest BCUT2D eigenvalue weighted by molar-refractivity contribution is 0.0615. The van der Waals surface area contributed by atoms with E-state index in [1.807, 2.05) is 16.6 Å². The van der Waals surface area contributed by atoms with Crippen molar-refractivity contribution in [2.24, 2.45) is 18.9 Å². The normalized spacial score (nSPS) is 22.9. The molecule has 4 rings (SSSR count). The number of likely N-dealkylation sites (tertiary alicyclic amines) is 1. The van der Waals surface area contributed by atoms with Crippen LogP contribution in [0.2, 0.25) is 0 Å². The van der Waals surface area contributed by atoms with E-state index in [9.17, 15) is 4.79 Å². The first-order valence-corrected chi connectivity index (χ1v) is 9.60. The highest BCUT2D eigenvalue weighted by Crippen LogP contribution is 2.42. The van der Waals surface area contributed by atoms with Gasteiger partial charge in [-0.15, -0.1) is 11.8 Å². The highest BCUT2D eigenvalue weighted by Gasteiger charge is 2.32. The molecule has 1 aromatic heterocycles. The summed E-state index contributed by atoms with van der Waals surface area (Å²) in [7, 11) is 1.95. The van der Waals surface area contributed by atoms with E-state index in [0.29, 0.717) is 17.5 Å². The number of hydrogen-bond acceptors (Lipinski definition) is 3. The molecule has 1 fully saturated rings. The van der Waals surface area contributed by atoms with Crippen LogP contribution in [0.1, 0.15) is 36.3 Å². The van der Waals surface area contributed by atoms with Crippen molar-refractivity contribution in [1.29, 1.82) is 0 Å². The van der Waals surface area contributed by atoms with Crippen LogP contribution in [0.15, 0.2) is 29.2 Å². The van der Waals surface area contributed by atoms with Gasteiger partial charge in [-0.1, -0.05) is 32.0 Å². The quantitative estimate of drug-likeness (QED) is 0.791. The lowest BCUT2D eigenvalue weighted by atomic mass is 9.91. The molecule has 24 heavy (non-hydrogen) atoms. The van der Waals surface area contributed by atoms with Gasteiger partial charge in [-0.2, -0.15) is 5.10 Å². The molecular formula is C19H23N3OS. The summed E-state index contributed by atoms with van der Waals surface area (Å²) in [6, 6.07) is 8.39. The number of fused-ring (bicyclic) bond motifs is 3. The van der Waals surface area contributed by atoms with Crippen LogP contribution in [-0.2, 0) is 12.8 Å². The van der Waals surface area contributed by atoms with E-state index in [-0.39, 0.29) is 5.91 Å². The van der Waals surface area contributed by atoms with E-state index < -0.39 is 0 Å². The second kappa shape index (κ2) is 5.96. The Morgan fingerprint density at radius 2 is 1.92 bits per heavy atom. The first kappa shape index (κ1) is 15.8. The fourth-order valence-electron chi connectivity index (χ4n) is 4.13. The van der Waals surface area contributed by atoms with Gasteiger partial charge in [-0.05, 0) is 24.3 Å². The van der Waals surface area contributed by atoms with Gasteiger partial charge in [0, 0.05) is 41.9 Å². The first-order chi connectivity index (χ1) is 11.5. The van der Waals surface area contributed by atoms with Crippen molar-refractivity contribution in [3.63, 3.8) is 0 Å². The number of amides is 1. The molecular weight excluding hydrogens is 318 g/mol. The number of benzene rings is 1. The van der Waals surface area contributed by atoms with Crippen molar-refractivity contribution in [1.82, 2.24) is 14.7 Å². The maximum Gasteiger partial charge on any atom is 0.274 e. The molecule has 1 saturated heterocycles. The number of rotatable bonds is 1. The Balaban J connectivity index is 1.73. The minimum absolute atomic E-state index is 0.102. The minimum Gasteiger partial charge on any atom is -0.337 e. The van der Waals surface area contributed by atoms with Crippen LogP contribution in [0.25, 0.3) is 11.3 Å². The number of aryl methyl sites for hydroxylation is 1. The van der Waals surface area contributed by atoms with Gasteiger partial charge < -0.3 is 4.90 Å². The van der Waals surface area contributed by atoms with Crippen LogP contribution in [0.5, 0.6) is 0 Å². The molecule has 0 saturated carbocycles. The molecule has 1 amide bonds. The number of aromatic nitrogens is 2. The van der Waals surface area contributed by atoms with Gasteiger partial charge in [-0.3, -0.25) is 9.48 Å². The number of thioether (sulfide) groups is 1. The predicted octanol–water partition coefficient (Wildman–Crippen LogP) is 3.81. The number of nitrogens with zero attached hydrogens (tertiary/aromatic N) is 3. The molecule has 2 atom stereocenters. The zero-order chi connectivity index (χ0) is 16.8. The predicted molar refractivity (Wildman–Crippen MR) is 97.1 cm³/mol. The zero-order valence-electron chi connectivity index (χ0n) is 14.5. The molecule has 3 heterocycles. The van der Waals surface area contributed by atoms with Crippen LogP contribution in [0.4, 0.5) is 0 Å². The Kier molecular flexibility index (Phi) is 3.91. The third-order valence-corrected chi connectivity index (χ3v) is 6.12. The topological polar surface area (TPSA) is 38.1 Å². The highest BCUT2D eigenvalue weighted by molar-refractivity contribution is 7.98. The van der Waals surface area contributed by atoms with Crippen LogP contribution >= 0.6 is 11.8 Å². The zero-order valence-corrected chi connectivity index (χ0v) is 15.3. The summed E-state index contributed by atoms with van der Waals surface area (Å²) in [5.74, 6) is 2.05. The maximum atomic E-state index is 13.1. The Labute approximate surface area is 147 Å². The lowest BCUT2D eigenvalue weighted by Crippen LogP contribution is -2.43. The van der Waals surface area contributed by atoms with E-state index in [4.69, 9.17) is 0 Å². The summed E-state index contributed by atoms with van der Waals surface area (Å²) in [6.45, 7) is 6.16. The Hall–Kier alpha value is -1.75. The SMILES string of the molecule is C[C@H]1C[C@H](C)CN(C(=O)c2nn(C)c3c2CSc2ccccc2-3)C1. The van der Waals surface area contributed by atoms with E-state index in [1.54, 1.807) is 11.8 Å². The van der Waals surface area contributed by atoms with Crippen molar-refractivity contribution in [3.05, 3.63) is 35.5 Å². The molecule has 0 aliphatic carbocycles. The molecule has 0 unspecified atom stereocenters. The molecule has 4 nitrogen and oxygen atoms in total. The van der Waals surface area contributed by atoms with Crippen LogP contribution in [0.3, 0.4) is 0 Å². The Morgan fingerprint density at radius 3 is 2.67 bits per heavy atom. The summed E-state index contributed by atoms with van der Waals surface area (Å²) in [5, 5.41) is 4.63. The van der Waals surface area contributed by atoms with Gasteiger partial charge in [-0.25, -0.2) is 0 Å². The third kappa shape index (κ3) is 2.55. The Morgan fingerprint density at radius 1 is 1.21 bits per heavy atom. The average molecular weight is 341 g/mol. The van der Waals surface area contributed by atoms with Crippen LogP contribution in [-0.4, -0.2) is 33.7 Å². The monoisotopic (exact) mass is 341 g/mol. The van der Waals surface area contributed by atoms with Crippen molar-refractivity contribution < 1.29 is 4.79 Å². The van der Waals surface area contributed by atoms with Crippen molar-refractivity contribution in [2.45, 2.75) is 30.9 Å². The van der Waals surface area contributed by atoms with Crippen LogP contribution < -0.4 is 0 Å². The smallest absolute Gasteiger partial charge is 0.274 e. The molecule has 2 aromatic rings. The number of hydrogen-bond donors (Lipinski definition) is 0. The van der Waals surface area contributed by atoms with Gasteiger partial charge >= 0.3 is 0 Å². The molecule has 0 bridgehead atoms. The van der Waals surface area contributed by atoms with Gasteiger partial charge in [0.15, 0.2) is 5.69 Å². The number of piperidine rings is 1. The molecule has 0 N–H and O–H groups in total. The fourth-order valence-corrected chi connectivity index (χ4v) is 5.20. The molecule has 2 aliphatic rings. The van der Waals surface area contributed by atoms with Gasteiger partial charge in [0.2, 0.25) is 0 Å². The second-order valence-corrected chi connectivity index (χ2v) is 8.26. The first-order valence-electron chi connectivity index (χ1n) is 8.62. The largest absolute Gasteiger partial charge is 0.337 e. The number of carbonyl (C=O) groups excluding carboxylic acids is 1. The summed E-state index contributed by atoms with van der Waals surface area (Å²) in [5.41, 5.74) is 4.04. The standard InChI is InChI=1S/C19H23N3OS/c1-12-8-13(2)10-22(9-12)19(23)17-15-11-24-16-7-5-4-6-14(16)18(15)21(3)20-17/h4-7,12-13H,8-11H2,1-3H3/t12-,13-/m0/s1.